The Morgan fingerprint density at radius 2 is 1.78 bits per heavy atom. The molecule has 0 fully saturated rings. The molecule has 0 radical (unpaired) electrons. The Bertz CT molecular complexity index is 1160. The first-order valence-electron chi connectivity index (χ1n) is 9.86. The van der Waals surface area contributed by atoms with E-state index in [0.717, 1.165) is 10.8 Å². The number of benzene rings is 3. The molecule has 0 aliphatic rings. The Morgan fingerprint density at radius 3 is 2.50 bits per heavy atom. The standard InChI is InChI=1S/C23H22BrN3O4S/c1-3-30-20-11-9-17(13-19(20)24)22(29)25-23(32)27-26-21(28)14(2)31-18-10-8-15-6-4-5-7-16(15)12-18/h4-14H,3H2,1-2H3,(H,26,28)(H2,25,27,29,32). The van der Waals surface area contributed by atoms with E-state index in [1.165, 1.54) is 0 Å². The highest BCUT2D eigenvalue weighted by atomic mass is 79.9. The lowest BCUT2D eigenvalue weighted by Crippen LogP contribution is -2.51. The highest BCUT2D eigenvalue weighted by Crippen LogP contribution is 2.26. The second kappa shape index (κ2) is 10.9. The lowest BCUT2D eigenvalue weighted by Gasteiger charge is -2.16. The molecule has 2 amide bonds. The van der Waals surface area contributed by atoms with Crippen LogP contribution in [0.3, 0.4) is 0 Å². The van der Waals surface area contributed by atoms with Crippen molar-refractivity contribution in [3.05, 3.63) is 70.7 Å². The number of nitrogens with one attached hydrogen (secondary N) is 3. The molecule has 7 nitrogen and oxygen atoms in total. The van der Waals surface area contributed by atoms with Gasteiger partial charge in [0.05, 0.1) is 11.1 Å². The number of rotatable bonds is 6. The highest BCUT2D eigenvalue weighted by Gasteiger charge is 2.16. The van der Waals surface area contributed by atoms with E-state index in [9.17, 15) is 9.59 Å². The molecule has 0 saturated carbocycles. The van der Waals surface area contributed by atoms with Crippen molar-refractivity contribution in [3.8, 4) is 11.5 Å². The van der Waals surface area contributed by atoms with Crippen molar-refractivity contribution in [1.82, 2.24) is 16.2 Å². The number of hydrazine groups is 1. The van der Waals surface area contributed by atoms with Crippen LogP contribution >= 0.6 is 28.1 Å². The molecular weight excluding hydrogens is 494 g/mol. The summed E-state index contributed by atoms with van der Waals surface area (Å²) in [5.41, 5.74) is 5.32. The van der Waals surface area contributed by atoms with Crippen LogP contribution in [0, 0.1) is 0 Å². The number of ether oxygens (including phenoxy) is 2. The zero-order valence-electron chi connectivity index (χ0n) is 17.5. The first-order valence-corrected chi connectivity index (χ1v) is 11.1. The van der Waals surface area contributed by atoms with Crippen molar-refractivity contribution in [1.29, 1.82) is 0 Å². The maximum atomic E-state index is 12.4. The molecule has 1 unspecified atom stereocenters. The van der Waals surface area contributed by atoms with Crippen LogP contribution in [0.15, 0.2) is 65.1 Å². The Balaban J connectivity index is 1.49. The van der Waals surface area contributed by atoms with Gasteiger partial charge >= 0.3 is 0 Å². The summed E-state index contributed by atoms with van der Waals surface area (Å²) in [5.74, 6) is 0.334. The number of carbonyl (C=O) groups excluding carboxylic acids is 2. The summed E-state index contributed by atoms with van der Waals surface area (Å²) in [5, 5.41) is 4.55. The molecule has 0 aromatic heterocycles. The van der Waals surface area contributed by atoms with Gasteiger partial charge in [-0.15, -0.1) is 0 Å². The minimum absolute atomic E-state index is 0.0498. The predicted octanol–water partition coefficient (Wildman–Crippen LogP) is 4.10. The van der Waals surface area contributed by atoms with E-state index >= 15 is 0 Å². The number of thiocarbonyl (C=S) groups is 1. The van der Waals surface area contributed by atoms with Gasteiger partial charge in [-0.1, -0.05) is 30.3 Å². The molecule has 0 saturated heterocycles. The van der Waals surface area contributed by atoms with Gasteiger partial charge in [0.2, 0.25) is 0 Å². The van der Waals surface area contributed by atoms with Crippen molar-refractivity contribution < 1.29 is 19.1 Å². The number of halogens is 1. The summed E-state index contributed by atoms with van der Waals surface area (Å²) in [4.78, 5) is 24.7. The molecule has 166 valence electrons. The van der Waals surface area contributed by atoms with Crippen LogP contribution in [0.25, 0.3) is 10.8 Å². The molecule has 3 N–H and O–H groups in total. The van der Waals surface area contributed by atoms with Crippen LogP contribution in [-0.4, -0.2) is 29.6 Å². The quantitative estimate of drug-likeness (QED) is 0.338. The van der Waals surface area contributed by atoms with Crippen LogP contribution in [0.1, 0.15) is 24.2 Å². The van der Waals surface area contributed by atoms with Gasteiger partial charge in [-0.3, -0.25) is 25.8 Å². The highest BCUT2D eigenvalue weighted by molar-refractivity contribution is 9.10. The van der Waals surface area contributed by atoms with Crippen molar-refractivity contribution in [3.63, 3.8) is 0 Å². The van der Waals surface area contributed by atoms with Gasteiger partial charge in [0.15, 0.2) is 11.2 Å². The van der Waals surface area contributed by atoms with E-state index in [-0.39, 0.29) is 5.11 Å². The molecule has 0 spiro atoms. The predicted molar refractivity (Wildman–Crippen MR) is 131 cm³/mol. The van der Waals surface area contributed by atoms with Gasteiger partial charge in [-0.05, 0) is 83.1 Å². The third-order valence-corrected chi connectivity index (χ3v) is 5.25. The molecule has 3 aromatic rings. The van der Waals surface area contributed by atoms with Crippen LogP contribution in [0.5, 0.6) is 11.5 Å². The van der Waals surface area contributed by atoms with E-state index in [2.05, 4.69) is 32.1 Å². The Morgan fingerprint density at radius 1 is 1.03 bits per heavy atom. The van der Waals surface area contributed by atoms with E-state index in [0.29, 0.717) is 28.1 Å². The monoisotopic (exact) mass is 515 g/mol. The van der Waals surface area contributed by atoms with Gasteiger partial charge in [0.25, 0.3) is 11.8 Å². The van der Waals surface area contributed by atoms with Crippen molar-refractivity contribution in [2.75, 3.05) is 6.61 Å². The van der Waals surface area contributed by atoms with Gasteiger partial charge < -0.3 is 9.47 Å². The fourth-order valence-electron chi connectivity index (χ4n) is 2.84. The molecule has 32 heavy (non-hydrogen) atoms. The average molecular weight is 516 g/mol. The zero-order chi connectivity index (χ0) is 23.1. The van der Waals surface area contributed by atoms with Crippen LogP contribution in [-0.2, 0) is 4.79 Å². The van der Waals surface area contributed by atoms with Crippen molar-refractivity contribution in [2.45, 2.75) is 20.0 Å². The van der Waals surface area contributed by atoms with E-state index in [4.69, 9.17) is 21.7 Å². The first kappa shape index (κ1) is 23.5. The summed E-state index contributed by atoms with van der Waals surface area (Å²) in [6, 6.07) is 18.4. The molecule has 0 aliphatic carbocycles. The van der Waals surface area contributed by atoms with E-state index in [1.54, 1.807) is 31.2 Å². The van der Waals surface area contributed by atoms with Gasteiger partial charge in [-0.2, -0.15) is 0 Å². The number of hydrogen-bond donors (Lipinski definition) is 3. The number of carbonyl (C=O) groups is 2. The fourth-order valence-corrected chi connectivity index (χ4v) is 3.48. The lowest BCUT2D eigenvalue weighted by atomic mass is 10.1. The zero-order valence-corrected chi connectivity index (χ0v) is 19.9. The molecule has 0 aliphatic heterocycles. The molecule has 0 heterocycles. The Hall–Kier alpha value is -3.17. The fraction of sp³-hybridized carbons (Fsp3) is 0.174. The van der Waals surface area contributed by atoms with Gasteiger partial charge in [-0.25, -0.2) is 0 Å². The van der Waals surface area contributed by atoms with Crippen LogP contribution in [0.4, 0.5) is 0 Å². The third kappa shape index (κ3) is 6.18. The van der Waals surface area contributed by atoms with Gasteiger partial charge in [0.1, 0.15) is 11.5 Å². The maximum absolute atomic E-state index is 12.4. The number of amides is 2. The summed E-state index contributed by atoms with van der Waals surface area (Å²) in [6.07, 6.45) is -0.788. The molecule has 3 rings (SSSR count). The Labute approximate surface area is 199 Å². The summed E-state index contributed by atoms with van der Waals surface area (Å²) >= 11 is 8.45. The third-order valence-electron chi connectivity index (χ3n) is 4.42. The van der Waals surface area contributed by atoms with Crippen LogP contribution in [0.2, 0.25) is 0 Å². The minimum Gasteiger partial charge on any atom is -0.493 e. The summed E-state index contributed by atoms with van der Waals surface area (Å²) < 4.78 is 11.8. The number of hydrogen-bond acceptors (Lipinski definition) is 5. The smallest absolute Gasteiger partial charge is 0.279 e. The second-order valence-electron chi connectivity index (χ2n) is 6.74. The van der Waals surface area contributed by atoms with E-state index < -0.39 is 17.9 Å². The van der Waals surface area contributed by atoms with Gasteiger partial charge in [0, 0.05) is 5.56 Å². The topological polar surface area (TPSA) is 88.7 Å². The summed E-state index contributed by atoms with van der Waals surface area (Å²) in [6.45, 7) is 4.01. The largest absolute Gasteiger partial charge is 0.493 e. The van der Waals surface area contributed by atoms with Crippen molar-refractivity contribution in [2.24, 2.45) is 0 Å². The van der Waals surface area contributed by atoms with E-state index in [1.807, 2.05) is 43.3 Å². The maximum Gasteiger partial charge on any atom is 0.279 e. The van der Waals surface area contributed by atoms with Crippen molar-refractivity contribution >= 4 is 55.8 Å². The first-order chi connectivity index (χ1) is 15.4. The summed E-state index contributed by atoms with van der Waals surface area (Å²) in [7, 11) is 0. The minimum atomic E-state index is -0.788. The number of fused-ring (bicyclic) bond motifs is 1. The molecule has 1 atom stereocenters. The van der Waals surface area contributed by atoms with Crippen LogP contribution < -0.4 is 25.6 Å². The molecule has 0 bridgehead atoms. The normalized spacial score (nSPS) is 11.3. The lowest BCUT2D eigenvalue weighted by molar-refractivity contribution is -0.127. The average Bonchev–Trinajstić information content (AvgIpc) is 2.78. The molecule has 3 aromatic carbocycles. The molecule has 9 heteroatoms. The SMILES string of the molecule is CCOc1ccc(C(=O)NC(=S)NNC(=O)C(C)Oc2ccc3ccccc3c2)cc1Br. The molecular formula is C23H22BrN3O4S. The second-order valence-corrected chi connectivity index (χ2v) is 8.01. The Kier molecular flexibility index (Phi) is 8.02.